The predicted octanol–water partition coefficient (Wildman–Crippen LogP) is -0.748. The molecule has 1 N–H and O–H groups in total. The van der Waals surface area contributed by atoms with Crippen LogP contribution in [0.4, 0.5) is 0 Å². The lowest BCUT2D eigenvalue weighted by atomic mass is 9.87. The maximum Gasteiger partial charge on any atom is 0.269 e. The van der Waals surface area contributed by atoms with Gasteiger partial charge >= 0.3 is 0 Å². The second kappa shape index (κ2) is 3.51. The molecule has 1 aliphatic rings. The maximum absolute atomic E-state index is 11.3. The van der Waals surface area contributed by atoms with Gasteiger partial charge in [-0.15, -0.1) is 0 Å². The molecule has 0 radical (unpaired) electrons. The van der Waals surface area contributed by atoms with Gasteiger partial charge in [0, 0.05) is 18.9 Å². The van der Waals surface area contributed by atoms with Gasteiger partial charge in [-0.25, -0.2) is 0 Å². The molecule has 0 aromatic carbocycles. The third-order valence-corrected chi connectivity index (χ3v) is 2.46. The van der Waals surface area contributed by atoms with Gasteiger partial charge in [0.25, 0.3) is 5.56 Å². The third-order valence-electron chi connectivity index (χ3n) is 2.46. The highest BCUT2D eigenvalue weighted by molar-refractivity contribution is 4.89. The molecule has 0 saturated carbocycles. The van der Waals surface area contributed by atoms with Gasteiger partial charge < -0.3 is 14.4 Å². The number of ether oxygens (including phenoxy) is 1. The molecule has 5 nitrogen and oxygen atoms in total. The average Bonchev–Trinajstić information content (AvgIpc) is 2.14. The minimum atomic E-state index is -0.273. The van der Waals surface area contributed by atoms with E-state index < -0.39 is 0 Å². The Balaban J connectivity index is 2.18. The molecule has 76 valence electrons. The van der Waals surface area contributed by atoms with Crippen LogP contribution < -0.4 is 5.56 Å². The van der Waals surface area contributed by atoms with E-state index in [0.29, 0.717) is 19.8 Å². The molecule has 1 aromatic heterocycles. The van der Waals surface area contributed by atoms with E-state index in [1.165, 1.54) is 6.20 Å². The van der Waals surface area contributed by atoms with Crippen molar-refractivity contribution in [3.8, 4) is 0 Å². The van der Waals surface area contributed by atoms with Crippen LogP contribution in [0.2, 0.25) is 0 Å². The molecule has 5 heteroatoms. The molecule has 1 aromatic rings. The highest BCUT2D eigenvalue weighted by Gasteiger charge is 2.38. The molecular formula is C9H12N2O3. The van der Waals surface area contributed by atoms with Crippen molar-refractivity contribution in [2.45, 2.75) is 6.54 Å². The second-order valence-electron chi connectivity index (χ2n) is 3.69. The summed E-state index contributed by atoms with van der Waals surface area (Å²) in [6.07, 6.45) is 4.45. The van der Waals surface area contributed by atoms with Gasteiger partial charge in [-0.3, -0.25) is 9.78 Å². The molecule has 1 saturated heterocycles. The summed E-state index contributed by atoms with van der Waals surface area (Å²) in [4.78, 5) is 15.0. The van der Waals surface area contributed by atoms with E-state index in [9.17, 15) is 9.90 Å². The van der Waals surface area contributed by atoms with Crippen molar-refractivity contribution in [2.24, 2.45) is 5.41 Å². The first-order chi connectivity index (χ1) is 6.76. The summed E-state index contributed by atoms with van der Waals surface area (Å²) in [5.74, 6) is 0. The third kappa shape index (κ3) is 1.56. The first kappa shape index (κ1) is 9.36. The van der Waals surface area contributed by atoms with Crippen LogP contribution in [0.5, 0.6) is 0 Å². The van der Waals surface area contributed by atoms with Gasteiger partial charge in [-0.05, 0) is 0 Å². The predicted molar refractivity (Wildman–Crippen MR) is 48.8 cm³/mol. The summed E-state index contributed by atoms with van der Waals surface area (Å²) in [6.45, 7) is 1.56. The number of aromatic nitrogens is 2. The van der Waals surface area contributed by atoms with Crippen LogP contribution in [-0.2, 0) is 11.3 Å². The van der Waals surface area contributed by atoms with Crippen molar-refractivity contribution in [1.29, 1.82) is 0 Å². The van der Waals surface area contributed by atoms with Crippen molar-refractivity contribution >= 4 is 0 Å². The standard InChI is InChI=1S/C9H12N2O3/c12-5-9(6-14-7-9)4-11-2-1-10-3-8(11)13/h1-3,12H,4-7H2. The number of hydrogen-bond donors (Lipinski definition) is 1. The second-order valence-corrected chi connectivity index (χ2v) is 3.69. The SMILES string of the molecule is O=c1cnccn1CC1(CO)COC1. The number of aliphatic hydroxyl groups excluding tert-OH is 1. The van der Waals surface area contributed by atoms with E-state index in [1.807, 2.05) is 0 Å². The van der Waals surface area contributed by atoms with Crippen LogP contribution in [0.15, 0.2) is 23.4 Å². The number of hydrogen-bond acceptors (Lipinski definition) is 4. The molecule has 14 heavy (non-hydrogen) atoms. The van der Waals surface area contributed by atoms with E-state index in [4.69, 9.17) is 4.74 Å². The van der Waals surface area contributed by atoms with E-state index >= 15 is 0 Å². The Bertz CT molecular complexity index is 365. The van der Waals surface area contributed by atoms with Gasteiger partial charge in [0.2, 0.25) is 0 Å². The van der Waals surface area contributed by atoms with Gasteiger partial charge in [0.1, 0.15) is 0 Å². The fourth-order valence-corrected chi connectivity index (χ4v) is 1.49. The van der Waals surface area contributed by atoms with Crippen molar-refractivity contribution in [3.63, 3.8) is 0 Å². The molecular weight excluding hydrogens is 184 g/mol. The largest absolute Gasteiger partial charge is 0.396 e. The summed E-state index contributed by atoms with van der Waals surface area (Å²) < 4.78 is 6.60. The normalized spacial score (nSPS) is 18.9. The zero-order valence-electron chi connectivity index (χ0n) is 7.72. The maximum atomic E-state index is 11.3. The fraction of sp³-hybridized carbons (Fsp3) is 0.556. The van der Waals surface area contributed by atoms with Crippen LogP contribution >= 0.6 is 0 Å². The topological polar surface area (TPSA) is 64.4 Å². The Kier molecular flexibility index (Phi) is 2.35. The lowest BCUT2D eigenvalue weighted by Gasteiger charge is -2.39. The number of rotatable bonds is 3. The molecule has 2 rings (SSSR count). The first-order valence-electron chi connectivity index (χ1n) is 4.45. The Hall–Kier alpha value is -1.20. The lowest BCUT2D eigenvalue weighted by Crippen LogP contribution is -2.50. The number of nitrogens with zero attached hydrogens (tertiary/aromatic N) is 2. The fourth-order valence-electron chi connectivity index (χ4n) is 1.49. The van der Waals surface area contributed by atoms with Gasteiger partial charge in [-0.1, -0.05) is 0 Å². The molecule has 1 fully saturated rings. The van der Waals surface area contributed by atoms with Gasteiger partial charge in [0.15, 0.2) is 0 Å². The van der Waals surface area contributed by atoms with E-state index in [2.05, 4.69) is 4.98 Å². The summed E-state index contributed by atoms with van der Waals surface area (Å²) in [5.41, 5.74) is -0.419. The average molecular weight is 196 g/mol. The minimum absolute atomic E-state index is 0.0434. The van der Waals surface area contributed by atoms with Crippen LogP contribution in [0.25, 0.3) is 0 Å². The van der Waals surface area contributed by atoms with Crippen molar-refractivity contribution in [3.05, 3.63) is 28.9 Å². The Labute approximate surface area is 81.0 Å². The Morgan fingerprint density at radius 2 is 2.43 bits per heavy atom. The van der Waals surface area contributed by atoms with Crippen LogP contribution in [0.3, 0.4) is 0 Å². The van der Waals surface area contributed by atoms with Crippen molar-refractivity contribution in [1.82, 2.24) is 9.55 Å². The molecule has 0 aliphatic carbocycles. The lowest BCUT2D eigenvalue weighted by molar-refractivity contribution is -0.145. The summed E-state index contributed by atoms with van der Waals surface area (Å²) in [6, 6.07) is 0. The Morgan fingerprint density at radius 3 is 2.93 bits per heavy atom. The summed E-state index contributed by atoms with van der Waals surface area (Å²) in [5, 5.41) is 9.18. The number of aliphatic hydroxyl groups is 1. The molecule has 0 amide bonds. The molecule has 0 spiro atoms. The monoisotopic (exact) mass is 196 g/mol. The summed E-state index contributed by atoms with van der Waals surface area (Å²) in [7, 11) is 0. The van der Waals surface area contributed by atoms with Crippen LogP contribution in [-0.4, -0.2) is 34.5 Å². The first-order valence-corrected chi connectivity index (χ1v) is 4.45. The van der Waals surface area contributed by atoms with E-state index in [1.54, 1.807) is 17.0 Å². The van der Waals surface area contributed by atoms with E-state index in [0.717, 1.165) is 0 Å². The molecule has 0 atom stereocenters. The zero-order chi connectivity index (χ0) is 10.0. The van der Waals surface area contributed by atoms with Gasteiger partial charge in [0.05, 0.1) is 31.4 Å². The van der Waals surface area contributed by atoms with Crippen molar-refractivity contribution in [2.75, 3.05) is 19.8 Å². The zero-order valence-corrected chi connectivity index (χ0v) is 7.72. The highest BCUT2D eigenvalue weighted by Crippen LogP contribution is 2.28. The Morgan fingerprint density at radius 1 is 1.64 bits per heavy atom. The van der Waals surface area contributed by atoms with Crippen LogP contribution in [0, 0.1) is 5.41 Å². The van der Waals surface area contributed by atoms with E-state index in [-0.39, 0.29) is 17.6 Å². The molecule has 0 unspecified atom stereocenters. The van der Waals surface area contributed by atoms with Gasteiger partial charge in [-0.2, -0.15) is 0 Å². The molecule has 2 heterocycles. The highest BCUT2D eigenvalue weighted by atomic mass is 16.5. The molecule has 0 bridgehead atoms. The minimum Gasteiger partial charge on any atom is -0.396 e. The smallest absolute Gasteiger partial charge is 0.269 e. The quantitative estimate of drug-likeness (QED) is 0.691. The van der Waals surface area contributed by atoms with Crippen molar-refractivity contribution < 1.29 is 9.84 Å². The molecule has 1 aliphatic heterocycles. The van der Waals surface area contributed by atoms with Crippen LogP contribution in [0.1, 0.15) is 0 Å². The summed E-state index contributed by atoms with van der Waals surface area (Å²) >= 11 is 0.